The average molecular weight is 718 g/mol. The van der Waals surface area contributed by atoms with Crippen molar-refractivity contribution in [1.82, 2.24) is 20.0 Å². The van der Waals surface area contributed by atoms with Crippen molar-refractivity contribution in [3.8, 4) is 0 Å². The lowest BCUT2D eigenvalue weighted by Gasteiger charge is -2.43. The zero-order valence-electron chi connectivity index (χ0n) is 26.7. The van der Waals surface area contributed by atoms with Crippen LogP contribution in [0.25, 0.3) is 10.8 Å². The van der Waals surface area contributed by atoms with E-state index >= 15 is 0 Å². The van der Waals surface area contributed by atoms with Crippen LogP contribution in [0.2, 0.25) is 0 Å². The predicted molar refractivity (Wildman–Crippen MR) is 202 cm³/mol. The molecular weight excluding hydrogens is 664 g/mol. The first-order chi connectivity index (χ1) is 20.6. The molecule has 258 valence electrons. The van der Waals surface area contributed by atoms with Gasteiger partial charge in [-0.1, -0.05) is 60.7 Å². The van der Waals surface area contributed by atoms with Gasteiger partial charge in [-0.2, -0.15) is 0 Å². The molecule has 2 aliphatic rings. The number of hydrogen-bond donors (Lipinski definition) is 3. The fourth-order valence-corrected chi connectivity index (χ4v) is 6.74. The average Bonchev–Trinajstić information content (AvgIpc) is 3.29. The van der Waals surface area contributed by atoms with Crippen molar-refractivity contribution in [3.05, 3.63) is 78.4 Å². The van der Waals surface area contributed by atoms with E-state index in [9.17, 15) is 4.79 Å². The van der Waals surface area contributed by atoms with E-state index in [2.05, 4.69) is 97.7 Å². The van der Waals surface area contributed by atoms with Crippen LogP contribution in [-0.4, -0.2) is 98.3 Å². The predicted octanol–water partition coefficient (Wildman–Crippen LogP) is 4.76. The number of carbonyl (C=O) groups excluding carboxylic acids is 1. The second-order valence-corrected chi connectivity index (χ2v) is 11.8. The number of unbranched alkanes of at least 4 members (excludes halogenated alkanes) is 1. The Morgan fingerprint density at radius 1 is 0.761 bits per heavy atom. The molecule has 0 aliphatic carbocycles. The molecule has 46 heavy (non-hydrogen) atoms. The Labute approximate surface area is 300 Å². The van der Waals surface area contributed by atoms with Gasteiger partial charge in [0.25, 0.3) is 0 Å². The molecule has 8 nitrogen and oxygen atoms in total. The van der Waals surface area contributed by atoms with Gasteiger partial charge < -0.3 is 26.6 Å². The van der Waals surface area contributed by atoms with E-state index in [0.717, 1.165) is 90.3 Å². The summed E-state index contributed by atoms with van der Waals surface area (Å²) in [6.07, 6.45) is 3.76. The number of rotatable bonds is 15. The fraction of sp³-hybridized carbons (Fsp3) is 0.500. The molecule has 5 rings (SSSR count). The second kappa shape index (κ2) is 21.2. The quantitative estimate of drug-likeness (QED) is 0.196. The van der Waals surface area contributed by atoms with Gasteiger partial charge in [0, 0.05) is 71.1 Å². The molecule has 5 N–H and O–H groups in total. The van der Waals surface area contributed by atoms with Crippen LogP contribution in [0.4, 0.5) is 5.69 Å². The number of nitrogens with two attached hydrogens (primary N) is 2. The number of halogens is 4. The number of carbonyl (C=O) groups is 1. The van der Waals surface area contributed by atoms with Crippen LogP contribution >= 0.6 is 49.6 Å². The Balaban J connectivity index is 0.00000264. The first-order valence-electron chi connectivity index (χ1n) is 15.8. The van der Waals surface area contributed by atoms with Crippen LogP contribution in [-0.2, 0) is 11.3 Å². The fourth-order valence-electron chi connectivity index (χ4n) is 6.74. The smallest absolute Gasteiger partial charge is 0.250 e. The van der Waals surface area contributed by atoms with E-state index in [-0.39, 0.29) is 49.6 Å². The van der Waals surface area contributed by atoms with Crippen molar-refractivity contribution in [1.29, 1.82) is 0 Å². The van der Waals surface area contributed by atoms with Crippen molar-refractivity contribution >= 4 is 72.0 Å². The van der Waals surface area contributed by atoms with Crippen molar-refractivity contribution in [2.45, 2.75) is 37.8 Å². The summed E-state index contributed by atoms with van der Waals surface area (Å²) >= 11 is 0. The van der Waals surface area contributed by atoms with E-state index < -0.39 is 5.54 Å². The summed E-state index contributed by atoms with van der Waals surface area (Å²) in [5, 5.41) is 6.17. The van der Waals surface area contributed by atoms with Gasteiger partial charge in [-0.15, -0.1) is 49.6 Å². The molecule has 0 radical (unpaired) electrons. The minimum Gasteiger partial charge on any atom is -0.339 e. The number of nitrogens with one attached hydrogen (secondary N) is 1. The van der Waals surface area contributed by atoms with Crippen LogP contribution in [0, 0.1) is 0 Å². The van der Waals surface area contributed by atoms with Gasteiger partial charge in [-0.3, -0.25) is 14.6 Å². The largest absolute Gasteiger partial charge is 0.339 e. The van der Waals surface area contributed by atoms with Gasteiger partial charge in [0.1, 0.15) is 5.54 Å². The number of fused-ring (bicyclic) bond motifs is 1. The second-order valence-electron chi connectivity index (χ2n) is 11.8. The number of benzene rings is 3. The number of amides is 1. The van der Waals surface area contributed by atoms with Gasteiger partial charge in [0.05, 0.1) is 6.67 Å². The van der Waals surface area contributed by atoms with Crippen molar-refractivity contribution in [3.63, 3.8) is 0 Å². The Kier molecular flexibility index (Phi) is 19.4. The van der Waals surface area contributed by atoms with E-state index in [1.165, 1.54) is 16.3 Å². The Morgan fingerprint density at radius 2 is 1.41 bits per heavy atom. The van der Waals surface area contributed by atoms with Gasteiger partial charge in [0.15, 0.2) is 0 Å². The third-order valence-corrected chi connectivity index (χ3v) is 9.07. The van der Waals surface area contributed by atoms with E-state index in [1.54, 1.807) is 0 Å². The molecular formula is C34H53Cl4N7O. The number of anilines is 1. The van der Waals surface area contributed by atoms with Crippen molar-refractivity contribution in [2.24, 2.45) is 11.5 Å². The lowest BCUT2D eigenvalue weighted by Crippen LogP contribution is -2.56. The maximum atomic E-state index is 14.1. The highest BCUT2D eigenvalue weighted by Gasteiger charge is 2.53. The van der Waals surface area contributed by atoms with Crippen LogP contribution in [0.1, 0.15) is 31.2 Å². The summed E-state index contributed by atoms with van der Waals surface area (Å²) in [6, 6.07) is 25.8. The third kappa shape index (κ3) is 10.3. The third-order valence-electron chi connectivity index (χ3n) is 9.07. The van der Waals surface area contributed by atoms with Crippen LogP contribution in [0.5, 0.6) is 0 Å². The van der Waals surface area contributed by atoms with Crippen LogP contribution in [0.3, 0.4) is 0 Å². The number of likely N-dealkylation sites (tertiary alicyclic amines) is 1. The summed E-state index contributed by atoms with van der Waals surface area (Å²) < 4.78 is 0. The standard InChI is InChI=1S/C34H49N7O.4ClH/c35-17-24-38(25-18-36)26-20-37-19-6-7-21-40-28-41(31-12-2-1-3-13-31)34(33(40)42)15-22-39(23-16-34)27-30-11-8-10-29-9-4-5-14-32(29)30;;;;/h1-5,8-14,37H,6-7,15-28,35-36H2;4*1H. The molecule has 2 saturated heterocycles. The van der Waals surface area contributed by atoms with Crippen molar-refractivity contribution in [2.75, 3.05) is 77.0 Å². The molecule has 1 amide bonds. The summed E-state index contributed by atoms with van der Waals surface area (Å²) in [5.74, 6) is 0.309. The minimum atomic E-state index is -0.454. The van der Waals surface area contributed by atoms with Gasteiger partial charge in [-0.05, 0) is 60.7 Å². The molecule has 0 bridgehead atoms. The molecule has 0 saturated carbocycles. The molecule has 3 aromatic carbocycles. The minimum absolute atomic E-state index is 0. The molecule has 0 unspecified atom stereocenters. The summed E-state index contributed by atoms with van der Waals surface area (Å²) in [6.45, 7) is 10.2. The molecule has 0 atom stereocenters. The number of para-hydroxylation sites is 1. The maximum absolute atomic E-state index is 14.1. The zero-order chi connectivity index (χ0) is 29.2. The monoisotopic (exact) mass is 715 g/mol. The Bertz CT molecular complexity index is 1270. The van der Waals surface area contributed by atoms with Crippen molar-refractivity contribution < 1.29 is 4.79 Å². The highest BCUT2D eigenvalue weighted by molar-refractivity contribution is 5.93. The highest BCUT2D eigenvalue weighted by atomic mass is 35.5. The molecule has 2 fully saturated rings. The van der Waals surface area contributed by atoms with E-state index in [4.69, 9.17) is 11.5 Å². The Hall–Kier alpha value is -1.85. The number of nitrogens with zero attached hydrogens (tertiary/aromatic N) is 4. The number of hydrogen-bond acceptors (Lipinski definition) is 7. The van der Waals surface area contributed by atoms with Crippen LogP contribution in [0.15, 0.2) is 72.8 Å². The Morgan fingerprint density at radius 3 is 2.11 bits per heavy atom. The maximum Gasteiger partial charge on any atom is 0.250 e. The SMILES string of the molecule is Cl.Cl.Cl.Cl.NCCN(CCN)CCNCCCCN1CN(c2ccccc2)C2(CCN(Cc3cccc4ccccc34)CC2)C1=O. The van der Waals surface area contributed by atoms with Gasteiger partial charge >= 0.3 is 0 Å². The molecule has 2 heterocycles. The lowest BCUT2D eigenvalue weighted by atomic mass is 9.85. The molecule has 2 aliphatic heterocycles. The van der Waals surface area contributed by atoms with Gasteiger partial charge in [0.2, 0.25) is 5.91 Å². The topological polar surface area (TPSA) is 94.1 Å². The first-order valence-corrected chi connectivity index (χ1v) is 15.8. The zero-order valence-corrected chi connectivity index (χ0v) is 30.0. The van der Waals surface area contributed by atoms with E-state index in [1.807, 2.05) is 0 Å². The molecule has 12 heteroatoms. The lowest BCUT2D eigenvalue weighted by molar-refractivity contribution is -0.133. The van der Waals surface area contributed by atoms with Crippen LogP contribution < -0.4 is 21.7 Å². The normalized spacial score (nSPS) is 15.8. The molecule has 1 spiro atoms. The summed E-state index contributed by atoms with van der Waals surface area (Å²) in [7, 11) is 0. The summed E-state index contributed by atoms with van der Waals surface area (Å²) in [5.41, 5.74) is 13.5. The highest BCUT2D eigenvalue weighted by Crippen LogP contribution is 2.40. The number of piperidine rings is 1. The summed E-state index contributed by atoms with van der Waals surface area (Å²) in [4.78, 5) is 23.4. The van der Waals surface area contributed by atoms with Gasteiger partial charge in [-0.25, -0.2) is 0 Å². The van der Waals surface area contributed by atoms with E-state index in [0.29, 0.717) is 25.7 Å². The first kappa shape index (κ1) is 42.2. The molecule has 0 aromatic heterocycles. The molecule has 3 aromatic rings.